The molecule has 2 aromatic rings. The summed E-state index contributed by atoms with van der Waals surface area (Å²) >= 11 is 0. The van der Waals surface area contributed by atoms with E-state index in [1.165, 1.54) is 4.90 Å². The minimum atomic E-state index is -1.24. The predicted octanol–water partition coefficient (Wildman–Crippen LogP) is 2.97. The molecule has 2 saturated heterocycles. The highest BCUT2D eigenvalue weighted by Crippen LogP contribution is 2.37. The van der Waals surface area contributed by atoms with Crippen LogP contribution in [-0.2, 0) is 23.9 Å². The zero-order chi connectivity index (χ0) is 22.7. The van der Waals surface area contributed by atoms with Crippen LogP contribution in [0.1, 0.15) is 24.0 Å². The van der Waals surface area contributed by atoms with Gasteiger partial charge in [-0.2, -0.15) is 0 Å². The third-order valence-corrected chi connectivity index (χ3v) is 5.42. The highest BCUT2D eigenvalue weighted by Gasteiger charge is 2.39. The van der Waals surface area contributed by atoms with Crippen molar-refractivity contribution < 1.29 is 34.1 Å². The first-order valence-electron chi connectivity index (χ1n) is 10.1. The first-order valence-corrected chi connectivity index (χ1v) is 10.1. The molecule has 4 rings (SSSR count). The number of carbonyl (C=O) groups is 3. The number of carboxylic acids is 2. The Morgan fingerprint density at radius 2 is 1.34 bits per heavy atom. The molecule has 0 spiro atoms. The summed E-state index contributed by atoms with van der Waals surface area (Å²) in [6, 6.07) is 16.1. The van der Waals surface area contributed by atoms with Crippen LogP contribution in [-0.4, -0.2) is 52.3 Å². The largest absolute Gasteiger partial charge is 0.480 e. The van der Waals surface area contributed by atoms with Crippen molar-refractivity contribution in [3.05, 3.63) is 83.3 Å². The summed E-state index contributed by atoms with van der Waals surface area (Å²) in [6.07, 6.45) is 0.910. The Morgan fingerprint density at radius 3 is 1.88 bits per heavy atom. The number of carbonyl (C=O) groups excluding carboxylic acids is 1. The Kier molecular flexibility index (Phi) is 5.93. The van der Waals surface area contributed by atoms with Crippen LogP contribution in [0.2, 0.25) is 0 Å². The number of hydrogen-bond acceptors (Lipinski definition) is 5. The van der Waals surface area contributed by atoms with Gasteiger partial charge in [0.1, 0.15) is 11.6 Å². The fraction of sp³-hybridized carbons (Fsp3) is 0.208. The van der Waals surface area contributed by atoms with Gasteiger partial charge < -0.3 is 24.6 Å². The molecule has 2 aliphatic heterocycles. The Bertz CT molecular complexity index is 1110. The number of nitrogens with zero attached hydrogens (tertiary/aromatic N) is 1. The van der Waals surface area contributed by atoms with E-state index in [1.54, 1.807) is 60.7 Å². The number of carboxylic acid groups (broad SMARTS) is 2. The number of benzene rings is 2. The summed E-state index contributed by atoms with van der Waals surface area (Å²) in [4.78, 5) is 38.8. The third-order valence-electron chi connectivity index (χ3n) is 5.42. The lowest BCUT2D eigenvalue weighted by Crippen LogP contribution is -2.41. The SMILES string of the molecule is O=C(O)C(=C1OCOC1=C(C(=O)N1CCCC1C(=O)O)c1ccccc1)c1ccccc1. The maximum absolute atomic E-state index is 13.6. The van der Waals surface area contributed by atoms with Crippen LogP contribution in [0.3, 0.4) is 0 Å². The Labute approximate surface area is 184 Å². The molecule has 0 aliphatic carbocycles. The molecule has 8 nitrogen and oxygen atoms in total. The molecule has 8 heteroatoms. The molecule has 32 heavy (non-hydrogen) atoms. The van der Waals surface area contributed by atoms with Crippen LogP contribution in [0.4, 0.5) is 0 Å². The van der Waals surface area contributed by atoms with E-state index in [9.17, 15) is 24.6 Å². The lowest BCUT2D eigenvalue weighted by Gasteiger charge is -2.23. The van der Waals surface area contributed by atoms with Gasteiger partial charge in [-0.05, 0) is 24.0 Å². The summed E-state index contributed by atoms with van der Waals surface area (Å²) in [5, 5.41) is 19.5. The highest BCUT2D eigenvalue weighted by atomic mass is 16.7. The number of likely N-dealkylation sites (tertiary alicyclic amines) is 1. The first kappa shape index (κ1) is 21.2. The minimum Gasteiger partial charge on any atom is -0.480 e. The van der Waals surface area contributed by atoms with Crippen molar-refractivity contribution in [2.45, 2.75) is 18.9 Å². The van der Waals surface area contributed by atoms with Crippen LogP contribution >= 0.6 is 0 Å². The average Bonchev–Trinajstić information content (AvgIpc) is 3.46. The van der Waals surface area contributed by atoms with Crippen molar-refractivity contribution in [2.75, 3.05) is 13.3 Å². The van der Waals surface area contributed by atoms with Gasteiger partial charge in [0.25, 0.3) is 5.91 Å². The van der Waals surface area contributed by atoms with E-state index in [-0.39, 0.29) is 36.0 Å². The monoisotopic (exact) mass is 435 g/mol. The molecule has 2 aromatic carbocycles. The Hall–Kier alpha value is -4.07. The molecule has 1 amide bonds. The number of ether oxygens (including phenoxy) is 2. The van der Waals surface area contributed by atoms with Crippen molar-refractivity contribution in [1.82, 2.24) is 4.90 Å². The number of rotatable bonds is 5. The molecule has 2 fully saturated rings. The van der Waals surface area contributed by atoms with Crippen LogP contribution in [0.15, 0.2) is 72.2 Å². The van der Waals surface area contributed by atoms with Crippen molar-refractivity contribution >= 4 is 29.0 Å². The van der Waals surface area contributed by atoms with Crippen molar-refractivity contribution in [3.63, 3.8) is 0 Å². The van der Waals surface area contributed by atoms with Crippen LogP contribution in [0.25, 0.3) is 11.1 Å². The summed E-state index contributed by atoms with van der Waals surface area (Å²) in [6.45, 7) is 0.0179. The normalized spacial score (nSPS) is 20.9. The maximum Gasteiger partial charge on any atom is 0.340 e. The molecule has 0 aromatic heterocycles. The van der Waals surface area contributed by atoms with Gasteiger partial charge in [0, 0.05) is 6.54 Å². The van der Waals surface area contributed by atoms with Gasteiger partial charge in [0.05, 0.1) is 5.57 Å². The van der Waals surface area contributed by atoms with Gasteiger partial charge in [-0.1, -0.05) is 60.7 Å². The summed E-state index contributed by atoms with van der Waals surface area (Å²) < 4.78 is 11.2. The second kappa shape index (κ2) is 8.97. The molecule has 1 atom stereocenters. The molecular weight excluding hydrogens is 414 g/mol. The van der Waals surface area contributed by atoms with Crippen LogP contribution in [0.5, 0.6) is 0 Å². The molecule has 2 heterocycles. The second-order valence-corrected chi connectivity index (χ2v) is 7.35. The van der Waals surface area contributed by atoms with E-state index < -0.39 is 23.9 Å². The summed E-state index contributed by atoms with van der Waals surface area (Å²) in [5.41, 5.74) is 0.795. The second-order valence-electron chi connectivity index (χ2n) is 7.35. The lowest BCUT2D eigenvalue weighted by molar-refractivity contribution is -0.146. The fourth-order valence-electron chi connectivity index (χ4n) is 3.97. The average molecular weight is 435 g/mol. The van der Waals surface area contributed by atoms with E-state index in [2.05, 4.69) is 0 Å². The molecule has 0 bridgehead atoms. The third kappa shape index (κ3) is 3.94. The van der Waals surface area contributed by atoms with Crippen LogP contribution < -0.4 is 0 Å². The minimum absolute atomic E-state index is 0.0153. The predicted molar refractivity (Wildman–Crippen MR) is 114 cm³/mol. The van der Waals surface area contributed by atoms with E-state index in [0.717, 1.165) is 0 Å². The molecular formula is C24H21NO7. The van der Waals surface area contributed by atoms with E-state index in [1.807, 2.05) is 0 Å². The van der Waals surface area contributed by atoms with Gasteiger partial charge in [-0.25, -0.2) is 9.59 Å². The standard InChI is InChI=1S/C24H21NO7/c26-22(25-13-7-12-17(25)23(27)28)18(15-8-3-1-4-9-15)20-21(32-14-31-20)19(24(29)30)16-10-5-2-6-11-16/h1-6,8-11,17H,7,12-14H2,(H,27,28)(H,29,30). The number of hydrogen-bond donors (Lipinski definition) is 2. The molecule has 1 unspecified atom stereocenters. The number of aliphatic carboxylic acids is 2. The van der Waals surface area contributed by atoms with E-state index in [0.29, 0.717) is 24.0 Å². The zero-order valence-corrected chi connectivity index (χ0v) is 17.1. The van der Waals surface area contributed by atoms with Gasteiger partial charge in [-0.3, -0.25) is 4.79 Å². The van der Waals surface area contributed by atoms with Gasteiger partial charge in [0.2, 0.25) is 6.79 Å². The molecule has 2 aliphatic rings. The molecule has 0 radical (unpaired) electrons. The quantitative estimate of drug-likeness (QED) is 0.694. The summed E-state index contributed by atoms with van der Waals surface area (Å²) in [7, 11) is 0. The molecule has 164 valence electrons. The Morgan fingerprint density at radius 1 is 0.812 bits per heavy atom. The first-order chi connectivity index (χ1) is 15.5. The lowest BCUT2D eigenvalue weighted by atomic mass is 9.98. The van der Waals surface area contributed by atoms with Gasteiger partial charge in [-0.15, -0.1) is 0 Å². The van der Waals surface area contributed by atoms with Gasteiger partial charge >= 0.3 is 11.9 Å². The van der Waals surface area contributed by atoms with Crippen molar-refractivity contribution in [3.8, 4) is 0 Å². The molecule has 2 N–H and O–H groups in total. The Balaban J connectivity index is 1.93. The maximum atomic E-state index is 13.6. The molecule has 0 saturated carbocycles. The highest BCUT2D eigenvalue weighted by molar-refractivity contribution is 6.23. The smallest absolute Gasteiger partial charge is 0.340 e. The number of amides is 1. The van der Waals surface area contributed by atoms with E-state index >= 15 is 0 Å². The summed E-state index contributed by atoms with van der Waals surface area (Å²) in [5.74, 6) is -2.95. The van der Waals surface area contributed by atoms with Crippen LogP contribution in [0, 0.1) is 0 Å². The topological polar surface area (TPSA) is 113 Å². The van der Waals surface area contributed by atoms with Crippen molar-refractivity contribution in [1.29, 1.82) is 0 Å². The van der Waals surface area contributed by atoms with Crippen molar-refractivity contribution in [2.24, 2.45) is 0 Å². The van der Waals surface area contributed by atoms with E-state index in [4.69, 9.17) is 9.47 Å². The van der Waals surface area contributed by atoms with Gasteiger partial charge in [0.15, 0.2) is 11.5 Å². The fourth-order valence-corrected chi connectivity index (χ4v) is 3.97. The zero-order valence-electron chi connectivity index (χ0n) is 17.1.